The molecular weight excluding hydrogens is 376 g/mol. The number of piperidine rings is 1. The fourth-order valence-electron chi connectivity index (χ4n) is 4.51. The molecule has 2 heterocycles. The van der Waals surface area contributed by atoms with E-state index in [0.29, 0.717) is 17.4 Å². The van der Waals surface area contributed by atoms with Crippen LogP contribution < -0.4 is 16.0 Å². The van der Waals surface area contributed by atoms with Crippen LogP contribution in [0.4, 0.5) is 11.6 Å². The molecule has 1 aromatic rings. The third kappa shape index (κ3) is 6.17. The number of pyridine rings is 1. The van der Waals surface area contributed by atoms with E-state index >= 15 is 0 Å². The molecule has 1 aliphatic carbocycles. The molecule has 166 valence electrons. The zero-order valence-corrected chi connectivity index (χ0v) is 18.6. The van der Waals surface area contributed by atoms with Crippen molar-refractivity contribution in [2.24, 2.45) is 0 Å². The second kappa shape index (κ2) is 11.3. The molecule has 0 radical (unpaired) electrons. The summed E-state index contributed by atoms with van der Waals surface area (Å²) in [5.74, 6) is 1.07. The minimum atomic E-state index is -0.316. The zero-order valence-electron chi connectivity index (χ0n) is 18.6. The van der Waals surface area contributed by atoms with Gasteiger partial charge in [-0.25, -0.2) is 4.98 Å². The summed E-state index contributed by atoms with van der Waals surface area (Å²) in [5, 5.41) is 18.1. The first-order valence-electron chi connectivity index (χ1n) is 11.7. The first-order chi connectivity index (χ1) is 14.6. The summed E-state index contributed by atoms with van der Waals surface area (Å²) in [6.07, 6.45) is 10.7. The van der Waals surface area contributed by atoms with E-state index in [1.807, 2.05) is 12.1 Å². The van der Waals surface area contributed by atoms with Crippen molar-refractivity contribution in [3.63, 3.8) is 0 Å². The number of anilines is 2. The number of rotatable bonds is 7. The molecule has 3 rings (SSSR count). The van der Waals surface area contributed by atoms with Crippen LogP contribution in [0.25, 0.3) is 0 Å². The second-order valence-corrected chi connectivity index (χ2v) is 8.59. The molecule has 0 aromatic carbocycles. The molecule has 0 unspecified atom stereocenters. The molecule has 4 N–H and O–H groups in total. The summed E-state index contributed by atoms with van der Waals surface area (Å²) in [6, 6.07) is 4.33. The minimum Gasteiger partial charge on any atom is -0.373 e. The maximum atomic E-state index is 12.7. The van der Waals surface area contributed by atoms with Gasteiger partial charge in [0.25, 0.3) is 5.91 Å². The summed E-state index contributed by atoms with van der Waals surface area (Å²) < 4.78 is 0. The smallest absolute Gasteiger partial charge is 0.270 e. The molecule has 7 heteroatoms. The molecule has 7 nitrogen and oxygen atoms in total. The monoisotopic (exact) mass is 414 g/mol. The lowest BCUT2D eigenvalue weighted by atomic mass is 9.97. The van der Waals surface area contributed by atoms with Crippen LogP contribution in [-0.2, 0) is 4.79 Å². The quantitative estimate of drug-likeness (QED) is 0.512. The van der Waals surface area contributed by atoms with Crippen LogP contribution in [0, 0.1) is 5.41 Å². The van der Waals surface area contributed by atoms with Crippen molar-refractivity contribution in [1.29, 1.82) is 5.41 Å². The van der Waals surface area contributed by atoms with Crippen LogP contribution in [0.5, 0.6) is 0 Å². The van der Waals surface area contributed by atoms with Crippen molar-refractivity contribution >= 4 is 23.3 Å². The molecule has 2 fully saturated rings. The zero-order chi connectivity index (χ0) is 21.3. The number of amides is 1. The summed E-state index contributed by atoms with van der Waals surface area (Å²) >= 11 is 0. The fraction of sp³-hybridized carbons (Fsp3) is 0.696. The number of aromatic nitrogens is 1. The fourth-order valence-corrected chi connectivity index (χ4v) is 4.51. The molecule has 0 bridgehead atoms. The van der Waals surface area contributed by atoms with Gasteiger partial charge in [-0.1, -0.05) is 39.0 Å². The second-order valence-electron chi connectivity index (χ2n) is 8.59. The van der Waals surface area contributed by atoms with Crippen molar-refractivity contribution < 1.29 is 4.79 Å². The number of carbonyl (C=O) groups excluding carboxylic acids is 1. The highest BCUT2D eigenvalue weighted by molar-refractivity contribution is 6.45. The van der Waals surface area contributed by atoms with E-state index in [-0.39, 0.29) is 17.7 Å². The lowest BCUT2D eigenvalue weighted by Crippen LogP contribution is -2.46. The molecule has 1 amide bonds. The van der Waals surface area contributed by atoms with E-state index in [1.165, 1.54) is 44.9 Å². The summed E-state index contributed by atoms with van der Waals surface area (Å²) in [6.45, 7) is 5.21. The highest BCUT2D eigenvalue weighted by Crippen LogP contribution is 2.22. The van der Waals surface area contributed by atoms with Crippen LogP contribution in [-0.4, -0.2) is 60.3 Å². The average Bonchev–Trinajstić information content (AvgIpc) is 2.75. The molecule has 0 atom stereocenters. The summed E-state index contributed by atoms with van der Waals surface area (Å²) in [4.78, 5) is 19.7. The van der Waals surface area contributed by atoms with Crippen LogP contribution in [0.2, 0.25) is 0 Å². The standard InChI is InChI=1S/C23H38N6O/c1-3-29-15-13-18(14-16-29)27-23(30)21(24)19-11-12-20(28-22(19)25-2)26-17-9-7-5-4-6-8-10-17/h11-12,17-18,24H,3-10,13-16H2,1-2H3,(H,27,30)(H2,25,26,28). The Hall–Kier alpha value is -2.15. The molecular formula is C23H38N6O. The van der Waals surface area contributed by atoms with Crippen LogP contribution in [0.15, 0.2) is 12.1 Å². The highest BCUT2D eigenvalue weighted by Gasteiger charge is 2.23. The first-order valence-corrected chi connectivity index (χ1v) is 11.7. The minimum absolute atomic E-state index is 0.0257. The number of carbonyl (C=O) groups is 1. The van der Waals surface area contributed by atoms with Gasteiger partial charge in [0.1, 0.15) is 17.3 Å². The number of nitrogens with zero attached hydrogens (tertiary/aromatic N) is 2. The molecule has 1 saturated carbocycles. The highest BCUT2D eigenvalue weighted by atomic mass is 16.1. The SMILES string of the molecule is CCN1CCC(NC(=O)C(=N)c2ccc(NC3CCCCCCC3)nc2NC)CC1. The van der Waals surface area contributed by atoms with Gasteiger partial charge in [0.15, 0.2) is 0 Å². The van der Waals surface area contributed by atoms with Crippen molar-refractivity contribution in [3.8, 4) is 0 Å². The van der Waals surface area contributed by atoms with Gasteiger partial charge in [0, 0.05) is 37.8 Å². The van der Waals surface area contributed by atoms with Crippen LogP contribution >= 0.6 is 0 Å². The third-order valence-electron chi connectivity index (χ3n) is 6.46. The van der Waals surface area contributed by atoms with Crippen LogP contribution in [0.1, 0.15) is 70.3 Å². The molecule has 1 aliphatic heterocycles. The van der Waals surface area contributed by atoms with Crippen molar-refractivity contribution in [3.05, 3.63) is 17.7 Å². The Kier molecular flexibility index (Phi) is 8.49. The predicted molar refractivity (Wildman–Crippen MR) is 124 cm³/mol. The molecule has 0 spiro atoms. The van der Waals surface area contributed by atoms with Gasteiger partial charge >= 0.3 is 0 Å². The van der Waals surface area contributed by atoms with Gasteiger partial charge in [0.2, 0.25) is 0 Å². The van der Waals surface area contributed by atoms with Gasteiger partial charge in [-0.2, -0.15) is 0 Å². The normalized spacial score (nSPS) is 19.5. The van der Waals surface area contributed by atoms with E-state index < -0.39 is 0 Å². The summed E-state index contributed by atoms with van der Waals surface area (Å²) in [7, 11) is 1.79. The predicted octanol–water partition coefficient (Wildman–Crippen LogP) is 3.62. The van der Waals surface area contributed by atoms with Gasteiger partial charge in [-0.3, -0.25) is 10.2 Å². The molecule has 1 saturated heterocycles. The van der Waals surface area contributed by atoms with E-state index in [9.17, 15) is 4.79 Å². The lowest BCUT2D eigenvalue weighted by molar-refractivity contribution is -0.115. The molecule has 1 aromatic heterocycles. The Morgan fingerprint density at radius 1 is 1.07 bits per heavy atom. The van der Waals surface area contributed by atoms with E-state index in [1.54, 1.807) is 7.05 Å². The van der Waals surface area contributed by atoms with E-state index in [4.69, 9.17) is 5.41 Å². The maximum Gasteiger partial charge on any atom is 0.270 e. The number of nitrogens with one attached hydrogen (secondary N) is 4. The van der Waals surface area contributed by atoms with Gasteiger partial charge in [-0.15, -0.1) is 0 Å². The Morgan fingerprint density at radius 3 is 2.37 bits per heavy atom. The lowest BCUT2D eigenvalue weighted by Gasteiger charge is -2.31. The summed E-state index contributed by atoms with van der Waals surface area (Å²) in [5.41, 5.74) is 0.520. The Balaban J connectivity index is 1.60. The van der Waals surface area contributed by atoms with E-state index in [0.717, 1.165) is 38.3 Å². The average molecular weight is 415 g/mol. The van der Waals surface area contributed by atoms with Crippen molar-refractivity contribution in [1.82, 2.24) is 15.2 Å². The third-order valence-corrected chi connectivity index (χ3v) is 6.46. The van der Waals surface area contributed by atoms with Gasteiger partial charge < -0.3 is 20.9 Å². The Labute approximate surface area is 180 Å². The van der Waals surface area contributed by atoms with E-state index in [2.05, 4.69) is 32.8 Å². The van der Waals surface area contributed by atoms with Crippen molar-refractivity contribution in [2.45, 2.75) is 76.8 Å². The molecule has 30 heavy (non-hydrogen) atoms. The Bertz CT molecular complexity index is 706. The number of hydrogen-bond acceptors (Lipinski definition) is 6. The largest absolute Gasteiger partial charge is 0.373 e. The first kappa shape index (κ1) is 22.5. The van der Waals surface area contributed by atoms with Gasteiger partial charge in [-0.05, 0) is 44.4 Å². The Morgan fingerprint density at radius 2 is 1.73 bits per heavy atom. The maximum absolute atomic E-state index is 12.7. The topological polar surface area (TPSA) is 93.1 Å². The van der Waals surface area contributed by atoms with Crippen LogP contribution in [0.3, 0.4) is 0 Å². The number of likely N-dealkylation sites (tertiary alicyclic amines) is 1. The molecule has 2 aliphatic rings. The number of hydrogen-bond donors (Lipinski definition) is 4. The van der Waals surface area contributed by atoms with Crippen molar-refractivity contribution in [2.75, 3.05) is 37.3 Å². The van der Waals surface area contributed by atoms with Gasteiger partial charge in [0.05, 0.1) is 0 Å².